The Kier molecular flexibility index (Phi) is 6.34. The Morgan fingerprint density at radius 1 is 1.14 bits per heavy atom. The monoisotopic (exact) mass is 321 g/mol. The summed E-state index contributed by atoms with van der Waals surface area (Å²) in [4.78, 5) is 22.8. The van der Waals surface area contributed by atoms with Crippen LogP contribution < -0.4 is 27.6 Å². The standard InChI is InChI=1S/C15H15N3O3.ClH/c1-11(19)16-13-6-5-12(9-14(13)20)17-15(21)10-18-7-3-2-4-8-18;/h2-9H,10H2,1H3,(H2-,16,17,19,20,21);1H. The number of halogens is 1. The lowest BCUT2D eigenvalue weighted by molar-refractivity contribution is -0.684. The first-order valence-electron chi connectivity index (χ1n) is 6.39. The number of pyridine rings is 1. The van der Waals surface area contributed by atoms with Gasteiger partial charge in [0, 0.05) is 30.8 Å². The first-order valence-corrected chi connectivity index (χ1v) is 6.39. The molecule has 6 nitrogen and oxygen atoms in total. The van der Waals surface area contributed by atoms with Gasteiger partial charge in [0.15, 0.2) is 12.4 Å². The van der Waals surface area contributed by atoms with E-state index in [0.717, 1.165) is 0 Å². The van der Waals surface area contributed by atoms with E-state index in [9.17, 15) is 14.7 Å². The van der Waals surface area contributed by atoms with Crippen molar-refractivity contribution in [1.29, 1.82) is 0 Å². The number of aromatic nitrogens is 1. The van der Waals surface area contributed by atoms with Crippen molar-refractivity contribution in [1.82, 2.24) is 0 Å². The van der Waals surface area contributed by atoms with Gasteiger partial charge in [0.2, 0.25) is 12.5 Å². The van der Waals surface area contributed by atoms with Crippen LogP contribution in [-0.2, 0) is 16.1 Å². The minimum Gasteiger partial charge on any atom is -1.00 e. The van der Waals surface area contributed by atoms with Gasteiger partial charge in [0.25, 0.3) is 5.91 Å². The summed E-state index contributed by atoms with van der Waals surface area (Å²) >= 11 is 0. The van der Waals surface area contributed by atoms with Gasteiger partial charge < -0.3 is 28.1 Å². The summed E-state index contributed by atoms with van der Waals surface area (Å²) in [5.74, 6) is -0.587. The first-order chi connectivity index (χ1) is 10.0. The highest BCUT2D eigenvalue weighted by molar-refractivity contribution is 5.93. The number of aromatic hydroxyl groups is 1. The van der Waals surface area contributed by atoms with Crippen LogP contribution in [0.1, 0.15) is 6.92 Å². The predicted octanol–water partition coefficient (Wildman–Crippen LogP) is -1.72. The van der Waals surface area contributed by atoms with Gasteiger partial charge in [-0.3, -0.25) is 9.59 Å². The van der Waals surface area contributed by atoms with E-state index < -0.39 is 0 Å². The molecule has 3 N–H and O–H groups in total. The van der Waals surface area contributed by atoms with E-state index in [2.05, 4.69) is 10.6 Å². The van der Waals surface area contributed by atoms with E-state index in [1.165, 1.54) is 19.1 Å². The number of carbonyl (C=O) groups is 2. The van der Waals surface area contributed by atoms with E-state index in [1.807, 2.05) is 18.2 Å². The van der Waals surface area contributed by atoms with Gasteiger partial charge in [-0.25, -0.2) is 0 Å². The van der Waals surface area contributed by atoms with Crippen molar-refractivity contribution in [2.45, 2.75) is 13.5 Å². The van der Waals surface area contributed by atoms with Crippen molar-refractivity contribution < 1.29 is 31.7 Å². The third kappa shape index (κ3) is 5.06. The Bertz CT molecular complexity index is 662. The Morgan fingerprint density at radius 2 is 1.82 bits per heavy atom. The molecule has 0 spiro atoms. The molecule has 0 bridgehead atoms. The largest absolute Gasteiger partial charge is 1.00 e. The molecule has 0 aliphatic carbocycles. The lowest BCUT2D eigenvalue weighted by atomic mass is 10.2. The molecule has 1 aromatic heterocycles. The highest BCUT2D eigenvalue weighted by Gasteiger charge is 2.10. The molecule has 116 valence electrons. The van der Waals surface area contributed by atoms with Crippen LogP contribution in [0.3, 0.4) is 0 Å². The molecule has 0 fully saturated rings. The second-order valence-electron chi connectivity index (χ2n) is 4.51. The molecule has 1 aromatic carbocycles. The predicted molar refractivity (Wildman–Crippen MR) is 77.7 cm³/mol. The van der Waals surface area contributed by atoms with Gasteiger partial charge >= 0.3 is 0 Å². The third-order valence-electron chi connectivity index (χ3n) is 2.70. The van der Waals surface area contributed by atoms with E-state index in [0.29, 0.717) is 11.4 Å². The number of nitrogens with one attached hydrogen (secondary N) is 2. The van der Waals surface area contributed by atoms with Gasteiger partial charge in [-0.05, 0) is 12.1 Å². The van der Waals surface area contributed by atoms with Gasteiger partial charge in [0.05, 0.1) is 5.69 Å². The van der Waals surface area contributed by atoms with E-state index >= 15 is 0 Å². The fourth-order valence-electron chi connectivity index (χ4n) is 1.81. The number of rotatable bonds is 4. The van der Waals surface area contributed by atoms with Crippen molar-refractivity contribution in [2.24, 2.45) is 0 Å². The number of amides is 2. The van der Waals surface area contributed by atoms with Crippen molar-refractivity contribution >= 4 is 23.2 Å². The van der Waals surface area contributed by atoms with Crippen LogP contribution >= 0.6 is 0 Å². The highest BCUT2D eigenvalue weighted by atomic mass is 35.5. The summed E-state index contributed by atoms with van der Waals surface area (Å²) in [6.07, 6.45) is 3.58. The highest BCUT2D eigenvalue weighted by Crippen LogP contribution is 2.26. The number of nitrogens with zero attached hydrogens (tertiary/aromatic N) is 1. The third-order valence-corrected chi connectivity index (χ3v) is 2.70. The fourth-order valence-corrected chi connectivity index (χ4v) is 1.81. The molecule has 2 rings (SSSR count). The molecule has 0 radical (unpaired) electrons. The summed E-state index contributed by atoms with van der Waals surface area (Å²) in [6, 6.07) is 10.1. The van der Waals surface area contributed by atoms with Crippen LogP contribution in [0.2, 0.25) is 0 Å². The molecule has 0 unspecified atom stereocenters. The lowest BCUT2D eigenvalue weighted by Crippen LogP contribution is -3.00. The maximum Gasteiger partial charge on any atom is 0.290 e. The van der Waals surface area contributed by atoms with Crippen LogP contribution in [-0.4, -0.2) is 16.9 Å². The molecule has 1 heterocycles. The molecular formula is C15H16ClN3O3. The van der Waals surface area contributed by atoms with Crippen molar-refractivity contribution in [3.63, 3.8) is 0 Å². The Labute approximate surface area is 134 Å². The Hall–Kier alpha value is -2.60. The maximum atomic E-state index is 11.9. The van der Waals surface area contributed by atoms with E-state index in [1.54, 1.807) is 23.0 Å². The minimum absolute atomic E-state index is 0. The Balaban J connectivity index is 0.00000242. The topological polar surface area (TPSA) is 82.3 Å². The van der Waals surface area contributed by atoms with Crippen molar-refractivity contribution in [3.8, 4) is 5.75 Å². The summed E-state index contributed by atoms with van der Waals surface area (Å²) in [5, 5.41) is 14.9. The summed E-state index contributed by atoms with van der Waals surface area (Å²) < 4.78 is 1.74. The molecule has 0 aliphatic rings. The van der Waals surface area contributed by atoms with Crippen molar-refractivity contribution in [2.75, 3.05) is 10.6 Å². The summed E-state index contributed by atoms with van der Waals surface area (Å²) in [6.45, 7) is 1.53. The number of carbonyl (C=O) groups excluding carboxylic acids is 2. The molecule has 2 amide bonds. The van der Waals surface area contributed by atoms with Gasteiger partial charge in [-0.1, -0.05) is 6.07 Å². The molecule has 22 heavy (non-hydrogen) atoms. The molecule has 0 aliphatic heterocycles. The minimum atomic E-state index is -0.275. The molecule has 0 saturated heterocycles. The molecule has 0 saturated carbocycles. The maximum absolute atomic E-state index is 11.9. The zero-order valence-corrected chi connectivity index (χ0v) is 12.7. The normalized spacial score (nSPS) is 9.50. The summed E-state index contributed by atoms with van der Waals surface area (Å²) in [5.41, 5.74) is 0.765. The van der Waals surface area contributed by atoms with E-state index in [4.69, 9.17) is 0 Å². The first kappa shape index (κ1) is 17.5. The Morgan fingerprint density at radius 3 is 2.41 bits per heavy atom. The average molecular weight is 322 g/mol. The second kappa shape index (κ2) is 7.99. The molecular weight excluding hydrogens is 306 g/mol. The van der Waals surface area contributed by atoms with Crippen LogP contribution in [0.15, 0.2) is 48.8 Å². The second-order valence-corrected chi connectivity index (χ2v) is 4.51. The molecule has 2 aromatic rings. The number of phenolic OH excluding ortho intramolecular Hbond substituents is 1. The van der Waals surface area contributed by atoms with Gasteiger partial charge in [-0.2, -0.15) is 4.57 Å². The van der Waals surface area contributed by atoms with Crippen LogP contribution in [0.5, 0.6) is 5.75 Å². The summed E-state index contributed by atoms with van der Waals surface area (Å²) in [7, 11) is 0. The smallest absolute Gasteiger partial charge is 0.290 e. The van der Waals surface area contributed by atoms with E-state index in [-0.39, 0.29) is 36.5 Å². The van der Waals surface area contributed by atoms with Crippen LogP contribution in [0, 0.1) is 0 Å². The lowest BCUT2D eigenvalue weighted by Gasteiger charge is -2.08. The molecule has 7 heteroatoms. The average Bonchev–Trinajstić information content (AvgIpc) is 2.42. The van der Waals surface area contributed by atoms with Gasteiger partial charge in [-0.15, -0.1) is 0 Å². The number of anilines is 2. The van der Waals surface area contributed by atoms with Crippen LogP contribution in [0.25, 0.3) is 0 Å². The van der Waals surface area contributed by atoms with Gasteiger partial charge in [0.1, 0.15) is 5.75 Å². The number of hydrogen-bond donors (Lipinski definition) is 3. The molecule has 0 atom stereocenters. The number of hydrogen-bond acceptors (Lipinski definition) is 3. The fraction of sp³-hybridized carbons (Fsp3) is 0.133. The van der Waals surface area contributed by atoms with Crippen LogP contribution in [0.4, 0.5) is 11.4 Å². The van der Waals surface area contributed by atoms with Crippen molar-refractivity contribution in [3.05, 3.63) is 48.8 Å². The zero-order chi connectivity index (χ0) is 15.2. The number of phenols is 1. The SMILES string of the molecule is CC(=O)Nc1ccc(NC(=O)C[n+]2ccccc2)cc1O.[Cl-]. The zero-order valence-electron chi connectivity index (χ0n) is 11.9. The quantitative estimate of drug-likeness (QED) is 0.463. The number of benzene rings is 1.